The van der Waals surface area contributed by atoms with E-state index in [1.807, 2.05) is 0 Å². The summed E-state index contributed by atoms with van der Waals surface area (Å²) in [4.78, 5) is 0. The zero-order valence-electron chi connectivity index (χ0n) is 4.02. The van der Waals surface area contributed by atoms with E-state index in [-0.39, 0.29) is 151 Å². The first kappa shape index (κ1) is 145. The van der Waals surface area contributed by atoms with Gasteiger partial charge in [-0.1, -0.05) is 0 Å². The number of rotatable bonds is 0. The van der Waals surface area contributed by atoms with Crippen molar-refractivity contribution in [1.29, 1.82) is 0 Å². The Labute approximate surface area is 148 Å². The second kappa shape index (κ2) is 115. The molecule has 0 aromatic rings. The van der Waals surface area contributed by atoms with Gasteiger partial charge in [0, 0.05) is 0 Å². The van der Waals surface area contributed by atoms with Crippen LogP contribution in [0.25, 0.3) is 0 Å². The van der Waals surface area contributed by atoms with Crippen molar-refractivity contribution < 1.29 is 151 Å². The third-order valence-corrected chi connectivity index (χ3v) is 0. The van der Waals surface area contributed by atoms with Crippen LogP contribution in [-0.4, -0.2) is 0 Å². The molecule has 0 fully saturated rings. The Balaban J connectivity index is 0. The smallest absolute Gasteiger partial charge is 1.00 e. The van der Waals surface area contributed by atoms with Crippen molar-refractivity contribution in [3.05, 3.63) is 0 Å². The topological polar surface area (TPSA) is 0 Å². The van der Waals surface area contributed by atoms with Gasteiger partial charge >= 0.3 is 51.7 Å². The monoisotopic (exact) mass is 640 g/mol. The molecule has 0 heterocycles. The van der Waals surface area contributed by atoms with Crippen LogP contribution >= 0.6 is 0 Å². The van der Waals surface area contributed by atoms with Gasteiger partial charge in [-0.3, -0.25) is 0 Å². The first-order chi connectivity index (χ1) is 0. The van der Waals surface area contributed by atoms with E-state index in [9.17, 15) is 0 Å². The Bertz CT molecular complexity index is 7.22. The van der Waals surface area contributed by atoms with Crippen LogP contribution in [0.2, 0.25) is 0 Å². The summed E-state index contributed by atoms with van der Waals surface area (Å²) in [6.45, 7) is 0. The van der Waals surface area contributed by atoms with Gasteiger partial charge in [-0.25, -0.2) is 0 Å². The summed E-state index contributed by atoms with van der Waals surface area (Å²) in [5.74, 6) is 0. The zero-order valence-corrected chi connectivity index (χ0v) is 17.3. The van der Waals surface area contributed by atoms with Gasteiger partial charge in [-0.05, 0) is 0 Å². The molecule has 0 aliphatic heterocycles. The summed E-state index contributed by atoms with van der Waals surface area (Å²) >= 11 is 0. The molecule has 0 spiro atoms. The molecule has 0 aromatic heterocycles. The fourth-order valence-corrected chi connectivity index (χ4v) is 0. The van der Waals surface area contributed by atoms with Crippen molar-refractivity contribution in [2.45, 2.75) is 0 Å². The molecule has 0 N–H and O–H groups in total. The fourth-order valence-electron chi connectivity index (χ4n) is 0. The summed E-state index contributed by atoms with van der Waals surface area (Å²) in [6.07, 6.45) is 0. The predicted molar refractivity (Wildman–Crippen MR) is 0 cm³/mol. The van der Waals surface area contributed by atoms with E-state index < -0.39 is 0 Å². The first-order valence-corrected chi connectivity index (χ1v) is 0. The van der Waals surface area contributed by atoms with Crippen molar-refractivity contribution in [3.8, 4) is 0 Å². The molecule has 0 saturated heterocycles. The minimum Gasteiger partial charge on any atom is -1.00 e. The van der Waals surface area contributed by atoms with Crippen molar-refractivity contribution >= 4 is 0 Å². The molecule has 0 aliphatic carbocycles. The summed E-state index contributed by atoms with van der Waals surface area (Å²) in [5, 5.41) is 0. The number of hydrogen-bond donors (Lipinski definition) is 0. The van der Waals surface area contributed by atoms with Gasteiger partial charge < -0.3 is 99.3 Å². The molecule has 0 aromatic carbocycles. The van der Waals surface area contributed by atoms with E-state index >= 15 is 0 Å². The molecule has 0 amide bonds. The Morgan fingerprint density at radius 3 is 0.200 bits per heavy atom. The Morgan fingerprint density at radius 2 is 0.200 bits per heavy atom. The molecule has 0 atom stereocenters. The second-order valence-corrected chi connectivity index (χ2v) is 0. The van der Waals surface area contributed by atoms with Crippen LogP contribution < -0.4 is 99.3 Å². The summed E-state index contributed by atoms with van der Waals surface area (Å²) < 4.78 is 0. The molecule has 0 aliphatic rings. The van der Waals surface area contributed by atoms with Crippen LogP contribution in [-0.2, 0) is 51.7 Å². The largest absolute Gasteiger partial charge is 4.00 e. The molecule has 10 heteroatoms. The normalized spacial score (nSPS) is 0. The third-order valence-electron chi connectivity index (χ3n) is 0. The maximum absolute atomic E-state index is 0. The predicted octanol–water partition coefficient (Wildman–Crippen LogP) is -24.0. The molecule has 0 saturated carbocycles. The quantitative estimate of drug-likeness (QED) is 0.231. The van der Waals surface area contributed by atoms with Gasteiger partial charge in [-0.2, -0.15) is 0 Å². The Morgan fingerprint density at radius 1 is 0.200 bits per heavy atom. The average molecular weight is 641 g/mol. The molecular weight excluding hydrogens is 641 g/mol. The maximum Gasteiger partial charge on any atom is 4.00 e. The maximum atomic E-state index is 0. The first-order valence-electron chi connectivity index (χ1n) is 0. The van der Waals surface area contributed by atoms with Crippen molar-refractivity contribution in [2.75, 3.05) is 0 Å². The molecule has 0 unspecified atom stereocenters. The van der Waals surface area contributed by atoms with E-state index in [0.29, 0.717) is 0 Å². The van der Waals surface area contributed by atoms with Crippen LogP contribution in [0.5, 0.6) is 0 Å². The second-order valence-electron chi connectivity index (χ2n) is 0. The van der Waals surface area contributed by atoms with Crippen LogP contribution in [0.4, 0.5) is 0 Å². The van der Waals surface area contributed by atoms with E-state index in [0.717, 1.165) is 0 Å². The zero-order chi connectivity index (χ0) is 0. The molecule has 0 bridgehead atoms. The van der Waals surface area contributed by atoms with Crippen molar-refractivity contribution in [1.82, 2.24) is 0 Å². The number of halogens is 8. The van der Waals surface area contributed by atoms with Crippen molar-refractivity contribution in [2.24, 2.45) is 0 Å². The number of hydrogen-bond acceptors (Lipinski definition) is 0. The average Bonchev–Trinajstić information content (AvgIpc) is 0. The van der Waals surface area contributed by atoms with Crippen LogP contribution in [0.1, 0.15) is 0 Å². The van der Waals surface area contributed by atoms with Gasteiger partial charge in [0.15, 0.2) is 0 Å². The standard InChI is InChI=1S/8ClH.2Hf/h8*1H;;/q;;;;;;;;2*+4/p-8. The van der Waals surface area contributed by atoms with Gasteiger partial charge in [0.05, 0.1) is 0 Å². The van der Waals surface area contributed by atoms with Crippen molar-refractivity contribution in [3.63, 3.8) is 0 Å². The third kappa shape index (κ3) is 89.5. The van der Waals surface area contributed by atoms with Gasteiger partial charge in [-0.15, -0.1) is 0 Å². The fraction of sp³-hybridized carbons (Fsp3) is 0. The minimum absolute atomic E-state index is 0. The summed E-state index contributed by atoms with van der Waals surface area (Å²) in [7, 11) is 0. The molecule has 10 heavy (non-hydrogen) atoms. The molecule has 0 radical (unpaired) electrons. The van der Waals surface area contributed by atoms with E-state index in [1.54, 1.807) is 0 Å². The molecule has 0 rings (SSSR count). The van der Waals surface area contributed by atoms with Gasteiger partial charge in [0.2, 0.25) is 0 Å². The SMILES string of the molecule is [Cl-].[Cl-].[Cl-].[Cl-].[Cl-].[Cl-].[Cl-].[Cl-].[Hf+4].[Hf+4]. The van der Waals surface area contributed by atoms with E-state index in [2.05, 4.69) is 0 Å². The van der Waals surface area contributed by atoms with Gasteiger partial charge in [0.1, 0.15) is 0 Å². The van der Waals surface area contributed by atoms with Crippen LogP contribution in [0.15, 0.2) is 0 Å². The Hall–Kier alpha value is 4.06. The van der Waals surface area contributed by atoms with E-state index in [4.69, 9.17) is 0 Å². The molecule has 0 nitrogen and oxygen atoms in total. The van der Waals surface area contributed by atoms with Gasteiger partial charge in [0.25, 0.3) is 0 Å². The van der Waals surface area contributed by atoms with Crippen LogP contribution in [0.3, 0.4) is 0 Å². The van der Waals surface area contributed by atoms with Crippen LogP contribution in [0, 0.1) is 0 Å². The molecular formula is Cl8Hf2. The summed E-state index contributed by atoms with van der Waals surface area (Å²) in [5.41, 5.74) is 0. The molecule has 64 valence electrons. The minimum atomic E-state index is 0. The van der Waals surface area contributed by atoms with E-state index in [1.165, 1.54) is 0 Å². The summed E-state index contributed by atoms with van der Waals surface area (Å²) in [6, 6.07) is 0. The Kier molecular flexibility index (Phi) is 1680.